The number of nitrogens with one attached hydrogen (secondary N) is 1. The molecule has 0 bridgehead atoms. The fraction of sp³-hybridized carbons (Fsp3) is 0. The van der Waals surface area contributed by atoms with Crippen LogP contribution in [0.5, 0.6) is 0 Å². The van der Waals surface area contributed by atoms with E-state index in [1.54, 1.807) is 6.07 Å². The molecule has 0 aliphatic carbocycles. The molecule has 0 saturated heterocycles. The van der Waals surface area contributed by atoms with E-state index in [1.807, 2.05) is 6.07 Å². The number of anilines is 1. The summed E-state index contributed by atoms with van der Waals surface area (Å²) in [4.78, 5) is 0. The van der Waals surface area contributed by atoms with Crippen molar-refractivity contribution in [1.82, 2.24) is 0 Å². The molecule has 1 heterocycles. The zero-order valence-electron chi connectivity index (χ0n) is 5.23. The minimum absolute atomic E-state index is 0.429. The molecule has 2 nitrogen and oxygen atoms in total. The Kier molecular flexibility index (Phi) is 2.19. The summed E-state index contributed by atoms with van der Waals surface area (Å²) < 4.78 is 0.740. The van der Waals surface area contributed by atoms with Gasteiger partial charge < -0.3 is 11.1 Å². The zero-order chi connectivity index (χ0) is 7.56. The summed E-state index contributed by atoms with van der Waals surface area (Å²) >= 11 is 7.08. The van der Waals surface area contributed by atoms with Crippen molar-refractivity contribution in [3.05, 3.63) is 28.9 Å². The molecule has 0 aromatic carbocycles. The topological polar surface area (TPSA) is 38.0 Å². The Morgan fingerprint density at radius 2 is 2.40 bits per heavy atom. The maximum Gasteiger partial charge on any atom is 0.0952 e. The molecule has 1 aromatic rings. The number of halogens is 1. The summed E-state index contributed by atoms with van der Waals surface area (Å²) in [7, 11) is 0. The average Bonchev–Trinajstić information content (AvgIpc) is 2.13. The van der Waals surface area contributed by atoms with Gasteiger partial charge in [-0.2, -0.15) is 0 Å². The van der Waals surface area contributed by atoms with Crippen molar-refractivity contribution >= 4 is 27.9 Å². The van der Waals surface area contributed by atoms with Crippen LogP contribution in [0, 0.1) is 0 Å². The Morgan fingerprint density at radius 1 is 1.70 bits per heavy atom. The fourth-order valence-corrected chi connectivity index (χ4v) is 1.52. The highest BCUT2D eigenvalue weighted by Gasteiger charge is 1.94. The third kappa shape index (κ3) is 1.93. The summed E-state index contributed by atoms with van der Waals surface area (Å²) in [5, 5.41) is 3.76. The Labute approximate surface area is 68.3 Å². The predicted molar refractivity (Wildman–Crippen MR) is 46.3 cm³/mol. The summed E-state index contributed by atoms with van der Waals surface area (Å²) in [5.74, 6) is 0.429. The smallest absolute Gasteiger partial charge is 0.0952 e. The van der Waals surface area contributed by atoms with Crippen LogP contribution in [-0.2, 0) is 0 Å². The lowest BCUT2D eigenvalue weighted by molar-refractivity contribution is 1.35. The van der Waals surface area contributed by atoms with Gasteiger partial charge in [0.15, 0.2) is 0 Å². The van der Waals surface area contributed by atoms with Crippen LogP contribution >= 0.6 is 22.9 Å². The normalized spacial score (nSPS) is 9.30. The first kappa shape index (κ1) is 7.44. The van der Waals surface area contributed by atoms with Crippen molar-refractivity contribution < 1.29 is 0 Å². The molecule has 1 aromatic heterocycles. The van der Waals surface area contributed by atoms with Crippen molar-refractivity contribution in [1.29, 1.82) is 0 Å². The Morgan fingerprint density at radius 3 is 2.80 bits per heavy atom. The first-order valence-electron chi connectivity index (χ1n) is 2.65. The first-order valence-corrected chi connectivity index (χ1v) is 3.84. The SMILES string of the molecule is C=C(N)Nc1ccc(Cl)s1. The Balaban J connectivity index is 2.67. The number of hydrogen-bond acceptors (Lipinski definition) is 3. The van der Waals surface area contributed by atoms with Gasteiger partial charge in [-0.15, -0.1) is 11.3 Å². The van der Waals surface area contributed by atoms with Crippen LogP contribution in [-0.4, -0.2) is 0 Å². The lowest BCUT2D eigenvalue weighted by Crippen LogP contribution is -2.04. The molecule has 10 heavy (non-hydrogen) atoms. The number of nitrogens with two attached hydrogens (primary N) is 1. The van der Waals surface area contributed by atoms with E-state index in [9.17, 15) is 0 Å². The first-order chi connectivity index (χ1) is 4.68. The molecule has 3 N–H and O–H groups in total. The van der Waals surface area contributed by atoms with E-state index in [0.29, 0.717) is 5.82 Å². The van der Waals surface area contributed by atoms with Crippen molar-refractivity contribution in [2.45, 2.75) is 0 Å². The maximum absolute atomic E-state index is 5.65. The van der Waals surface area contributed by atoms with Gasteiger partial charge in [0.05, 0.1) is 15.2 Å². The molecule has 0 saturated carbocycles. The van der Waals surface area contributed by atoms with Gasteiger partial charge in [-0.3, -0.25) is 0 Å². The van der Waals surface area contributed by atoms with Crippen LogP contribution in [0.1, 0.15) is 0 Å². The van der Waals surface area contributed by atoms with Gasteiger partial charge in [0.1, 0.15) is 0 Å². The fourth-order valence-electron chi connectivity index (χ4n) is 0.540. The van der Waals surface area contributed by atoms with E-state index in [0.717, 1.165) is 9.34 Å². The molecule has 0 radical (unpaired) electrons. The highest BCUT2D eigenvalue weighted by atomic mass is 35.5. The lowest BCUT2D eigenvalue weighted by Gasteiger charge is -1.98. The molecule has 0 fully saturated rings. The van der Waals surface area contributed by atoms with Gasteiger partial charge in [-0.25, -0.2) is 0 Å². The second-order valence-electron chi connectivity index (χ2n) is 1.75. The van der Waals surface area contributed by atoms with Crippen LogP contribution in [0.3, 0.4) is 0 Å². The van der Waals surface area contributed by atoms with Crippen LogP contribution in [0.25, 0.3) is 0 Å². The monoisotopic (exact) mass is 174 g/mol. The standard InChI is InChI=1S/C6H7ClN2S/c1-4(8)9-6-3-2-5(7)10-6/h2-3,9H,1,8H2. The molecule has 0 atom stereocenters. The molecule has 0 unspecified atom stereocenters. The molecule has 0 spiro atoms. The summed E-state index contributed by atoms with van der Waals surface area (Å²) in [6, 6.07) is 3.66. The van der Waals surface area contributed by atoms with Gasteiger partial charge >= 0.3 is 0 Å². The zero-order valence-corrected chi connectivity index (χ0v) is 6.80. The van der Waals surface area contributed by atoms with E-state index >= 15 is 0 Å². The average molecular weight is 175 g/mol. The molecule has 0 aliphatic rings. The Hall–Kier alpha value is -0.670. The number of thiophene rings is 1. The van der Waals surface area contributed by atoms with Gasteiger partial charge in [0.2, 0.25) is 0 Å². The van der Waals surface area contributed by atoms with Crippen molar-refractivity contribution in [3.8, 4) is 0 Å². The summed E-state index contributed by atoms with van der Waals surface area (Å²) in [6.45, 7) is 3.49. The van der Waals surface area contributed by atoms with Crippen LogP contribution < -0.4 is 11.1 Å². The lowest BCUT2D eigenvalue weighted by atomic mass is 10.6. The van der Waals surface area contributed by atoms with Crippen LogP contribution in [0.15, 0.2) is 24.5 Å². The molecule has 1 rings (SSSR count). The number of hydrogen-bond donors (Lipinski definition) is 2. The van der Waals surface area contributed by atoms with E-state index in [-0.39, 0.29) is 0 Å². The molecular weight excluding hydrogens is 168 g/mol. The molecule has 4 heteroatoms. The molecular formula is C6H7ClN2S. The largest absolute Gasteiger partial charge is 0.386 e. The number of rotatable bonds is 2. The van der Waals surface area contributed by atoms with E-state index in [1.165, 1.54) is 11.3 Å². The summed E-state index contributed by atoms with van der Waals surface area (Å²) in [6.07, 6.45) is 0. The molecule has 0 aliphatic heterocycles. The van der Waals surface area contributed by atoms with Gasteiger partial charge in [0.25, 0.3) is 0 Å². The minimum atomic E-state index is 0.429. The highest BCUT2D eigenvalue weighted by molar-refractivity contribution is 7.19. The quantitative estimate of drug-likeness (QED) is 0.722. The van der Waals surface area contributed by atoms with Crippen molar-refractivity contribution in [3.63, 3.8) is 0 Å². The second kappa shape index (κ2) is 2.94. The van der Waals surface area contributed by atoms with Gasteiger partial charge in [-0.05, 0) is 12.1 Å². The van der Waals surface area contributed by atoms with Crippen molar-refractivity contribution in [2.75, 3.05) is 5.32 Å². The van der Waals surface area contributed by atoms with Crippen LogP contribution in [0.2, 0.25) is 4.34 Å². The maximum atomic E-state index is 5.65. The molecule has 0 amide bonds. The molecule has 54 valence electrons. The van der Waals surface area contributed by atoms with Gasteiger partial charge in [-0.1, -0.05) is 18.2 Å². The predicted octanol–water partition coefficient (Wildman–Crippen LogP) is 2.24. The van der Waals surface area contributed by atoms with E-state index < -0.39 is 0 Å². The van der Waals surface area contributed by atoms with Crippen molar-refractivity contribution in [2.24, 2.45) is 5.73 Å². The summed E-state index contributed by atoms with van der Waals surface area (Å²) in [5.41, 5.74) is 5.29. The Bertz CT molecular complexity index is 244. The van der Waals surface area contributed by atoms with E-state index in [4.69, 9.17) is 17.3 Å². The second-order valence-corrected chi connectivity index (χ2v) is 3.47. The third-order valence-corrected chi connectivity index (χ3v) is 2.00. The highest BCUT2D eigenvalue weighted by Crippen LogP contribution is 2.26. The third-order valence-electron chi connectivity index (χ3n) is 0.857. The van der Waals surface area contributed by atoms with E-state index in [2.05, 4.69) is 11.9 Å². The van der Waals surface area contributed by atoms with Gasteiger partial charge in [0, 0.05) is 0 Å². The minimum Gasteiger partial charge on any atom is -0.386 e. The van der Waals surface area contributed by atoms with Crippen LogP contribution in [0.4, 0.5) is 5.00 Å².